The van der Waals surface area contributed by atoms with Crippen LogP contribution in [0.5, 0.6) is 0 Å². The molecule has 0 bridgehead atoms. The Kier molecular flexibility index (Phi) is 4.07. The molecular weight excluding hydrogens is 216 g/mol. The standard InChI is InChI=1S/C10H16O4S/c1-2-3-9-14-15(12,13)10(11)7-5-4-6-8-10/h4-7,11H,2-3,8-9H2,1H3. The molecule has 4 nitrogen and oxygen atoms in total. The first-order valence-corrected chi connectivity index (χ1v) is 6.38. The third-order valence-corrected chi connectivity index (χ3v) is 3.83. The van der Waals surface area contributed by atoms with Crippen molar-refractivity contribution in [2.24, 2.45) is 0 Å². The highest BCUT2D eigenvalue weighted by atomic mass is 32.2. The van der Waals surface area contributed by atoms with E-state index in [1.165, 1.54) is 12.2 Å². The van der Waals surface area contributed by atoms with E-state index in [4.69, 9.17) is 4.18 Å². The number of unbranched alkanes of at least 4 members (excludes halogenated alkanes) is 1. The SMILES string of the molecule is CCCCOS(=O)(=O)C1(O)C=CC=CC1. The molecule has 0 aromatic rings. The van der Waals surface area contributed by atoms with E-state index in [1.807, 2.05) is 6.92 Å². The molecule has 1 rings (SSSR count). The number of aliphatic hydroxyl groups is 1. The number of allylic oxidation sites excluding steroid dienone is 2. The third-order valence-electron chi connectivity index (χ3n) is 2.18. The maximum absolute atomic E-state index is 11.6. The van der Waals surface area contributed by atoms with Crippen molar-refractivity contribution in [2.45, 2.75) is 31.1 Å². The molecule has 0 heterocycles. The normalized spacial score (nSPS) is 25.7. The zero-order chi connectivity index (χ0) is 11.4. The van der Waals surface area contributed by atoms with Crippen molar-refractivity contribution in [2.75, 3.05) is 6.61 Å². The van der Waals surface area contributed by atoms with Crippen molar-refractivity contribution in [1.29, 1.82) is 0 Å². The van der Waals surface area contributed by atoms with Crippen LogP contribution >= 0.6 is 0 Å². The minimum Gasteiger partial charge on any atom is -0.369 e. The lowest BCUT2D eigenvalue weighted by Crippen LogP contribution is -2.38. The van der Waals surface area contributed by atoms with Gasteiger partial charge >= 0.3 is 10.1 Å². The summed E-state index contributed by atoms with van der Waals surface area (Å²) in [6, 6.07) is 0. The second-order valence-electron chi connectivity index (χ2n) is 3.47. The van der Waals surface area contributed by atoms with Crippen LogP contribution in [0, 0.1) is 0 Å². The molecule has 1 aliphatic rings. The average molecular weight is 232 g/mol. The van der Waals surface area contributed by atoms with Gasteiger partial charge in [-0.1, -0.05) is 31.6 Å². The van der Waals surface area contributed by atoms with E-state index in [-0.39, 0.29) is 13.0 Å². The second kappa shape index (κ2) is 4.92. The first-order valence-electron chi connectivity index (χ1n) is 4.97. The lowest BCUT2D eigenvalue weighted by atomic mass is 10.1. The maximum atomic E-state index is 11.6. The Morgan fingerprint density at radius 3 is 2.73 bits per heavy atom. The van der Waals surface area contributed by atoms with Crippen molar-refractivity contribution < 1.29 is 17.7 Å². The van der Waals surface area contributed by atoms with E-state index >= 15 is 0 Å². The smallest absolute Gasteiger partial charge is 0.301 e. The zero-order valence-electron chi connectivity index (χ0n) is 8.72. The minimum absolute atomic E-state index is 0.0396. The van der Waals surface area contributed by atoms with E-state index in [2.05, 4.69) is 0 Å². The molecule has 0 saturated heterocycles. The summed E-state index contributed by atoms with van der Waals surface area (Å²) < 4.78 is 28.0. The molecule has 15 heavy (non-hydrogen) atoms. The third kappa shape index (κ3) is 2.90. The van der Waals surface area contributed by atoms with Gasteiger partial charge in [0.2, 0.25) is 4.93 Å². The van der Waals surface area contributed by atoms with Crippen LogP contribution in [0.25, 0.3) is 0 Å². The van der Waals surface area contributed by atoms with Crippen LogP contribution in [0.4, 0.5) is 0 Å². The maximum Gasteiger partial charge on any atom is 0.301 e. The van der Waals surface area contributed by atoms with E-state index in [1.54, 1.807) is 12.2 Å². The van der Waals surface area contributed by atoms with Crippen LogP contribution in [0.3, 0.4) is 0 Å². The summed E-state index contributed by atoms with van der Waals surface area (Å²) in [5, 5.41) is 9.85. The Morgan fingerprint density at radius 2 is 2.20 bits per heavy atom. The van der Waals surface area contributed by atoms with Crippen LogP contribution < -0.4 is 0 Å². The molecule has 0 radical (unpaired) electrons. The number of rotatable bonds is 5. The summed E-state index contributed by atoms with van der Waals surface area (Å²) in [6.45, 7) is 2.06. The molecular formula is C10H16O4S. The van der Waals surface area contributed by atoms with Gasteiger partial charge in [0.25, 0.3) is 0 Å². The quantitative estimate of drug-likeness (QED) is 0.574. The van der Waals surface area contributed by atoms with Gasteiger partial charge in [-0.3, -0.25) is 4.18 Å². The van der Waals surface area contributed by atoms with Crippen molar-refractivity contribution >= 4 is 10.1 Å². The predicted octanol–water partition coefficient (Wildman–Crippen LogP) is 1.34. The Hall–Kier alpha value is -0.650. The molecule has 0 fully saturated rings. The summed E-state index contributed by atoms with van der Waals surface area (Å²) in [5.74, 6) is 0. The fraction of sp³-hybridized carbons (Fsp3) is 0.600. The lowest BCUT2D eigenvalue weighted by molar-refractivity contribution is 0.149. The van der Waals surface area contributed by atoms with Crippen LogP contribution in [0.1, 0.15) is 26.2 Å². The first kappa shape index (κ1) is 12.4. The van der Waals surface area contributed by atoms with Crippen LogP contribution in [-0.4, -0.2) is 25.1 Å². The topological polar surface area (TPSA) is 63.6 Å². The summed E-state index contributed by atoms with van der Waals surface area (Å²) >= 11 is 0. The van der Waals surface area contributed by atoms with Gasteiger partial charge in [-0.15, -0.1) is 0 Å². The molecule has 1 unspecified atom stereocenters. The molecule has 0 spiro atoms. The van der Waals surface area contributed by atoms with Crippen LogP contribution in [0.2, 0.25) is 0 Å². The fourth-order valence-electron chi connectivity index (χ4n) is 1.19. The predicted molar refractivity (Wildman–Crippen MR) is 57.6 cm³/mol. The van der Waals surface area contributed by atoms with Crippen molar-refractivity contribution in [1.82, 2.24) is 0 Å². The molecule has 0 saturated carbocycles. The monoisotopic (exact) mass is 232 g/mol. The van der Waals surface area contributed by atoms with Crippen molar-refractivity contribution in [3.05, 3.63) is 24.3 Å². The molecule has 0 aromatic heterocycles. The Bertz CT molecular complexity index is 356. The highest BCUT2D eigenvalue weighted by Gasteiger charge is 2.40. The summed E-state index contributed by atoms with van der Waals surface area (Å²) in [7, 11) is -3.94. The van der Waals surface area contributed by atoms with Gasteiger partial charge in [0, 0.05) is 6.42 Å². The molecule has 86 valence electrons. The Labute approximate surface area is 90.4 Å². The highest BCUT2D eigenvalue weighted by Crippen LogP contribution is 2.25. The molecule has 0 aromatic carbocycles. The Morgan fingerprint density at radius 1 is 1.47 bits per heavy atom. The molecule has 0 amide bonds. The highest BCUT2D eigenvalue weighted by molar-refractivity contribution is 7.88. The van der Waals surface area contributed by atoms with Gasteiger partial charge < -0.3 is 5.11 Å². The van der Waals surface area contributed by atoms with Gasteiger partial charge in [0.1, 0.15) is 0 Å². The molecule has 1 atom stereocenters. The van der Waals surface area contributed by atoms with Gasteiger partial charge in [0.15, 0.2) is 0 Å². The molecule has 1 aliphatic carbocycles. The van der Waals surface area contributed by atoms with E-state index < -0.39 is 15.1 Å². The zero-order valence-corrected chi connectivity index (χ0v) is 9.53. The summed E-state index contributed by atoms with van der Waals surface area (Å²) in [6.07, 6.45) is 7.59. The number of hydrogen-bond donors (Lipinski definition) is 1. The van der Waals surface area contributed by atoms with E-state index in [0.29, 0.717) is 6.42 Å². The summed E-state index contributed by atoms with van der Waals surface area (Å²) in [5.41, 5.74) is 0. The molecule has 1 N–H and O–H groups in total. The van der Waals surface area contributed by atoms with Crippen LogP contribution in [-0.2, 0) is 14.3 Å². The van der Waals surface area contributed by atoms with Gasteiger partial charge in [-0.05, 0) is 12.5 Å². The largest absolute Gasteiger partial charge is 0.369 e. The fourth-order valence-corrected chi connectivity index (χ4v) is 2.28. The van der Waals surface area contributed by atoms with Gasteiger partial charge in [0.05, 0.1) is 6.61 Å². The average Bonchev–Trinajstić information content (AvgIpc) is 2.19. The molecule has 5 heteroatoms. The summed E-state index contributed by atoms with van der Waals surface area (Å²) in [4.78, 5) is -1.89. The van der Waals surface area contributed by atoms with Gasteiger partial charge in [-0.2, -0.15) is 8.42 Å². The van der Waals surface area contributed by atoms with Crippen LogP contribution in [0.15, 0.2) is 24.3 Å². The molecule has 0 aliphatic heterocycles. The van der Waals surface area contributed by atoms with Crippen molar-refractivity contribution in [3.8, 4) is 0 Å². The second-order valence-corrected chi connectivity index (χ2v) is 5.32. The number of hydrogen-bond acceptors (Lipinski definition) is 4. The van der Waals surface area contributed by atoms with Crippen molar-refractivity contribution in [3.63, 3.8) is 0 Å². The Balaban J connectivity index is 2.68. The lowest BCUT2D eigenvalue weighted by Gasteiger charge is -2.23. The van der Waals surface area contributed by atoms with E-state index in [0.717, 1.165) is 6.42 Å². The minimum atomic E-state index is -3.94. The van der Waals surface area contributed by atoms with E-state index in [9.17, 15) is 13.5 Å². The van der Waals surface area contributed by atoms with Gasteiger partial charge in [-0.25, -0.2) is 0 Å². The first-order chi connectivity index (χ1) is 7.02.